The van der Waals surface area contributed by atoms with Crippen molar-refractivity contribution in [3.8, 4) is 5.75 Å². The van der Waals surface area contributed by atoms with Gasteiger partial charge in [-0.2, -0.15) is 0 Å². The first-order valence-electron chi connectivity index (χ1n) is 6.79. The summed E-state index contributed by atoms with van der Waals surface area (Å²) >= 11 is 0. The fourth-order valence-electron chi connectivity index (χ4n) is 1.88. The van der Waals surface area contributed by atoms with Gasteiger partial charge in [0.05, 0.1) is 0 Å². The van der Waals surface area contributed by atoms with Gasteiger partial charge in [-0.1, -0.05) is 32.1 Å². The fourth-order valence-corrected chi connectivity index (χ4v) is 1.88. The molecule has 1 saturated heterocycles. The highest BCUT2D eigenvalue weighted by atomic mass is 16.7. The Bertz CT molecular complexity index is 524. The predicted octanol–water partition coefficient (Wildman–Crippen LogP) is 4.32. The number of hydrogen-bond donors (Lipinski definition) is 0. The minimum Gasteiger partial charge on any atom is -0.462 e. The highest BCUT2D eigenvalue weighted by molar-refractivity contribution is 5.30. The van der Waals surface area contributed by atoms with Crippen LogP contribution in [0.3, 0.4) is 0 Å². The average molecular weight is 272 g/mol. The third kappa shape index (κ3) is 3.92. The Morgan fingerprint density at radius 3 is 2.65 bits per heavy atom. The first-order chi connectivity index (χ1) is 9.69. The Hall–Kier alpha value is -2.16. The molecule has 3 nitrogen and oxygen atoms in total. The number of aryl methyl sites for hydroxylation is 1. The van der Waals surface area contributed by atoms with Gasteiger partial charge < -0.3 is 14.2 Å². The maximum Gasteiger partial charge on any atom is 0.231 e. The molecule has 0 bridgehead atoms. The van der Waals surface area contributed by atoms with Crippen LogP contribution in [0, 0.1) is 0 Å². The van der Waals surface area contributed by atoms with Crippen LogP contribution in [0.2, 0.25) is 0 Å². The zero-order chi connectivity index (χ0) is 14.4. The molecule has 1 aromatic rings. The van der Waals surface area contributed by atoms with E-state index in [4.69, 9.17) is 14.2 Å². The summed E-state index contributed by atoms with van der Waals surface area (Å²) in [7, 11) is 0. The summed E-state index contributed by atoms with van der Waals surface area (Å²) in [5.74, 6) is 2.81. The van der Waals surface area contributed by atoms with Crippen molar-refractivity contribution in [3.63, 3.8) is 0 Å². The number of hydrogen-bond acceptors (Lipinski definition) is 3. The first-order valence-corrected chi connectivity index (χ1v) is 6.79. The molecule has 1 aliphatic heterocycles. The highest BCUT2D eigenvalue weighted by Crippen LogP contribution is 2.20. The van der Waals surface area contributed by atoms with Crippen molar-refractivity contribution in [2.75, 3.05) is 6.79 Å². The van der Waals surface area contributed by atoms with Crippen molar-refractivity contribution >= 4 is 0 Å². The second kappa shape index (κ2) is 6.85. The zero-order valence-electron chi connectivity index (χ0n) is 12.0. The van der Waals surface area contributed by atoms with Crippen molar-refractivity contribution in [1.82, 2.24) is 0 Å². The molecule has 1 heterocycles. The fraction of sp³-hybridized carbons (Fsp3) is 0.294. The maximum atomic E-state index is 5.73. The van der Waals surface area contributed by atoms with Crippen LogP contribution in [0.15, 0.2) is 60.3 Å². The van der Waals surface area contributed by atoms with E-state index in [1.165, 1.54) is 5.56 Å². The van der Waals surface area contributed by atoms with E-state index in [1.807, 2.05) is 25.1 Å². The molecule has 106 valence electrons. The molecule has 1 aliphatic rings. The van der Waals surface area contributed by atoms with E-state index in [0.717, 1.165) is 24.4 Å². The molecule has 0 N–H and O–H groups in total. The van der Waals surface area contributed by atoms with Gasteiger partial charge in [0.25, 0.3) is 0 Å². The Morgan fingerprint density at radius 2 is 2.05 bits per heavy atom. The van der Waals surface area contributed by atoms with Crippen LogP contribution in [0.1, 0.15) is 25.8 Å². The first kappa shape index (κ1) is 14.3. The topological polar surface area (TPSA) is 27.7 Å². The second-order valence-corrected chi connectivity index (χ2v) is 4.63. The van der Waals surface area contributed by atoms with Crippen LogP contribution in [0.4, 0.5) is 0 Å². The summed E-state index contributed by atoms with van der Waals surface area (Å²) in [5, 5.41) is 0. The summed E-state index contributed by atoms with van der Waals surface area (Å²) in [4.78, 5) is 0. The van der Waals surface area contributed by atoms with Crippen LogP contribution < -0.4 is 4.74 Å². The summed E-state index contributed by atoms with van der Waals surface area (Å²) < 4.78 is 16.1. The molecule has 20 heavy (non-hydrogen) atoms. The molecule has 0 aromatic heterocycles. The summed E-state index contributed by atoms with van der Waals surface area (Å²) in [6, 6.07) is 8.17. The molecular formula is C17H20O3. The van der Waals surface area contributed by atoms with Gasteiger partial charge in [-0.25, -0.2) is 0 Å². The number of allylic oxidation sites excluding steroid dienone is 3. The molecular weight excluding hydrogens is 252 g/mol. The van der Waals surface area contributed by atoms with E-state index in [2.05, 4.69) is 25.6 Å². The molecule has 0 spiro atoms. The van der Waals surface area contributed by atoms with Crippen LogP contribution >= 0.6 is 0 Å². The van der Waals surface area contributed by atoms with E-state index in [1.54, 1.807) is 6.08 Å². The lowest BCUT2D eigenvalue weighted by Gasteiger charge is -2.06. The molecule has 2 rings (SSSR count). The molecule has 3 heteroatoms. The third-order valence-electron chi connectivity index (χ3n) is 2.93. The molecule has 0 aliphatic carbocycles. The lowest BCUT2D eigenvalue weighted by atomic mass is 10.1. The Balaban J connectivity index is 1.96. The number of benzene rings is 1. The van der Waals surface area contributed by atoms with Crippen molar-refractivity contribution in [3.05, 3.63) is 65.8 Å². The zero-order valence-corrected chi connectivity index (χ0v) is 12.0. The minimum atomic E-state index is 0.233. The van der Waals surface area contributed by atoms with Crippen molar-refractivity contribution < 1.29 is 14.2 Å². The van der Waals surface area contributed by atoms with E-state index in [9.17, 15) is 0 Å². The normalized spacial score (nSPS) is 17.0. The van der Waals surface area contributed by atoms with Gasteiger partial charge in [0, 0.05) is 0 Å². The Kier molecular flexibility index (Phi) is 4.88. The van der Waals surface area contributed by atoms with E-state index in [-0.39, 0.29) is 6.79 Å². The Labute approximate surface area is 120 Å². The SMILES string of the molecule is C=C1OCO/C1=C/C=C(\C)Oc1ccc(CCC)cc1. The van der Waals surface area contributed by atoms with Crippen molar-refractivity contribution in [2.45, 2.75) is 26.7 Å². The summed E-state index contributed by atoms with van der Waals surface area (Å²) in [6.07, 6.45) is 5.89. The van der Waals surface area contributed by atoms with Gasteiger partial charge in [-0.15, -0.1) is 0 Å². The Morgan fingerprint density at radius 1 is 1.30 bits per heavy atom. The number of rotatable bonds is 5. The lowest BCUT2D eigenvalue weighted by molar-refractivity contribution is 0.0980. The van der Waals surface area contributed by atoms with Gasteiger partial charge in [-0.3, -0.25) is 0 Å². The molecule has 0 amide bonds. The second-order valence-electron chi connectivity index (χ2n) is 4.63. The molecule has 0 radical (unpaired) electrons. The highest BCUT2D eigenvalue weighted by Gasteiger charge is 2.12. The van der Waals surface area contributed by atoms with Gasteiger partial charge >= 0.3 is 0 Å². The maximum absolute atomic E-state index is 5.73. The predicted molar refractivity (Wildman–Crippen MR) is 79.1 cm³/mol. The van der Waals surface area contributed by atoms with Crippen molar-refractivity contribution in [1.29, 1.82) is 0 Å². The van der Waals surface area contributed by atoms with Gasteiger partial charge in [0.2, 0.25) is 6.79 Å². The summed E-state index contributed by atoms with van der Waals surface area (Å²) in [5.41, 5.74) is 1.33. The van der Waals surface area contributed by atoms with Gasteiger partial charge in [-0.05, 0) is 43.2 Å². The van der Waals surface area contributed by atoms with E-state index >= 15 is 0 Å². The minimum absolute atomic E-state index is 0.233. The largest absolute Gasteiger partial charge is 0.462 e. The van der Waals surface area contributed by atoms with Crippen LogP contribution in [-0.4, -0.2) is 6.79 Å². The summed E-state index contributed by atoms with van der Waals surface area (Å²) in [6.45, 7) is 8.05. The molecule has 0 atom stereocenters. The average Bonchev–Trinajstić information content (AvgIpc) is 2.84. The standard InChI is InChI=1S/C17H20O3/c1-4-5-15-7-9-16(10-8-15)20-13(2)6-11-17-14(3)18-12-19-17/h6-11H,3-5,12H2,1-2H3/b13-6+,17-11+. The van der Waals surface area contributed by atoms with Crippen LogP contribution in [-0.2, 0) is 15.9 Å². The monoisotopic (exact) mass is 272 g/mol. The van der Waals surface area contributed by atoms with Crippen LogP contribution in [0.25, 0.3) is 0 Å². The molecule has 0 saturated carbocycles. The van der Waals surface area contributed by atoms with Gasteiger partial charge in [0.15, 0.2) is 11.5 Å². The van der Waals surface area contributed by atoms with E-state index in [0.29, 0.717) is 11.5 Å². The molecule has 1 fully saturated rings. The third-order valence-corrected chi connectivity index (χ3v) is 2.93. The smallest absolute Gasteiger partial charge is 0.231 e. The van der Waals surface area contributed by atoms with Gasteiger partial charge in [0.1, 0.15) is 11.5 Å². The van der Waals surface area contributed by atoms with Crippen molar-refractivity contribution in [2.24, 2.45) is 0 Å². The lowest BCUT2D eigenvalue weighted by Crippen LogP contribution is -1.91. The van der Waals surface area contributed by atoms with Crippen LogP contribution in [0.5, 0.6) is 5.75 Å². The van der Waals surface area contributed by atoms with E-state index < -0.39 is 0 Å². The molecule has 1 aromatic carbocycles. The quantitative estimate of drug-likeness (QED) is 0.747. The number of ether oxygens (including phenoxy) is 3. The molecule has 0 unspecified atom stereocenters.